The summed E-state index contributed by atoms with van der Waals surface area (Å²) in [7, 11) is 1.59. The van der Waals surface area contributed by atoms with Gasteiger partial charge in [-0.15, -0.1) is 0 Å². The van der Waals surface area contributed by atoms with E-state index in [4.69, 9.17) is 9.84 Å². The molecular weight excluding hydrogens is 392 g/mol. The number of phenolic OH excluding ortho intramolecular Hbond substituents is 1. The smallest absolute Gasteiger partial charge is 0.328 e. The number of carbonyl (C=O) groups is 1. The van der Waals surface area contributed by atoms with Crippen molar-refractivity contribution in [1.82, 2.24) is 4.98 Å². The fourth-order valence-electron chi connectivity index (χ4n) is 4.30. The summed E-state index contributed by atoms with van der Waals surface area (Å²) in [5.41, 5.74) is 4.55. The molecule has 1 atom stereocenters. The molecule has 1 aliphatic heterocycles. The summed E-state index contributed by atoms with van der Waals surface area (Å²) in [6.07, 6.45) is 5.31. The molecule has 6 heteroatoms. The van der Waals surface area contributed by atoms with Crippen LogP contribution in [0.2, 0.25) is 0 Å². The first-order chi connectivity index (χ1) is 14.9. The average molecular weight is 416 g/mol. The number of rotatable bonds is 5. The third kappa shape index (κ3) is 3.84. The van der Waals surface area contributed by atoms with E-state index in [1.165, 1.54) is 0 Å². The van der Waals surface area contributed by atoms with Gasteiger partial charge in [-0.1, -0.05) is 30.3 Å². The number of anilines is 1. The highest BCUT2D eigenvalue weighted by atomic mass is 16.5. The largest absolute Gasteiger partial charge is 0.508 e. The maximum Gasteiger partial charge on any atom is 0.328 e. The number of hydrogen-bond donors (Lipinski definition) is 2. The minimum absolute atomic E-state index is 0.259. The molecule has 3 aromatic rings. The van der Waals surface area contributed by atoms with Gasteiger partial charge >= 0.3 is 5.97 Å². The summed E-state index contributed by atoms with van der Waals surface area (Å²) >= 11 is 0. The first-order valence-electron chi connectivity index (χ1n) is 10.0. The van der Waals surface area contributed by atoms with Crippen LogP contribution in [0.4, 0.5) is 5.69 Å². The number of pyridine rings is 1. The van der Waals surface area contributed by atoms with Crippen LogP contribution in [0, 0.1) is 0 Å². The van der Waals surface area contributed by atoms with Crippen molar-refractivity contribution in [3.8, 4) is 11.6 Å². The number of nitrogens with zero attached hydrogens (tertiary/aromatic N) is 2. The summed E-state index contributed by atoms with van der Waals surface area (Å²) in [4.78, 5) is 17.5. The van der Waals surface area contributed by atoms with Gasteiger partial charge in [0.05, 0.1) is 24.5 Å². The van der Waals surface area contributed by atoms with E-state index in [2.05, 4.69) is 16.8 Å². The molecule has 1 aliphatic rings. The second-order valence-corrected chi connectivity index (χ2v) is 7.67. The van der Waals surface area contributed by atoms with Crippen LogP contribution in [-0.4, -0.2) is 34.8 Å². The van der Waals surface area contributed by atoms with Crippen molar-refractivity contribution in [3.05, 3.63) is 89.1 Å². The highest BCUT2D eigenvalue weighted by Gasteiger charge is 2.40. The molecule has 2 N–H and O–H groups in total. The number of carboxylic acid groups (broad SMARTS) is 1. The van der Waals surface area contributed by atoms with E-state index in [-0.39, 0.29) is 5.75 Å². The number of ether oxygens (including phenoxy) is 1. The lowest BCUT2D eigenvalue weighted by Gasteiger charge is -2.48. The molecule has 2 heterocycles. The number of fused-ring (bicyclic) bond motifs is 1. The Morgan fingerprint density at radius 2 is 1.94 bits per heavy atom. The third-order valence-corrected chi connectivity index (χ3v) is 5.89. The van der Waals surface area contributed by atoms with E-state index >= 15 is 0 Å². The van der Waals surface area contributed by atoms with Crippen LogP contribution < -0.4 is 9.64 Å². The Bertz CT molecular complexity index is 1120. The Hall–Kier alpha value is -3.80. The molecule has 2 aromatic carbocycles. The normalized spacial score (nSPS) is 18.1. The van der Waals surface area contributed by atoms with E-state index in [0.29, 0.717) is 5.88 Å². The predicted octanol–water partition coefficient (Wildman–Crippen LogP) is 4.22. The van der Waals surface area contributed by atoms with Gasteiger partial charge in [0, 0.05) is 18.7 Å². The van der Waals surface area contributed by atoms with Crippen molar-refractivity contribution in [2.24, 2.45) is 0 Å². The molecule has 0 aliphatic carbocycles. The first kappa shape index (κ1) is 20.5. The zero-order chi connectivity index (χ0) is 22.0. The molecule has 31 heavy (non-hydrogen) atoms. The van der Waals surface area contributed by atoms with Crippen molar-refractivity contribution in [1.29, 1.82) is 0 Å². The van der Waals surface area contributed by atoms with Crippen LogP contribution in [0.3, 0.4) is 0 Å². The van der Waals surface area contributed by atoms with Gasteiger partial charge in [-0.25, -0.2) is 9.78 Å². The van der Waals surface area contributed by atoms with Crippen LogP contribution in [-0.2, 0) is 16.8 Å². The van der Waals surface area contributed by atoms with E-state index in [9.17, 15) is 9.90 Å². The zero-order valence-electron chi connectivity index (χ0n) is 17.4. The Balaban J connectivity index is 1.82. The van der Waals surface area contributed by atoms with E-state index in [1.54, 1.807) is 19.3 Å². The van der Waals surface area contributed by atoms with E-state index in [0.717, 1.165) is 47.0 Å². The van der Waals surface area contributed by atoms with Crippen LogP contribution in [0.15, 0.2) is 66.9 Å². The molecule has 1 aromatic heterocycles. The van der Waals surface area contributed by atoms with Gasteiger partial charge in [-0.2, -0.15) is 0 Å². The maximum absolute atomic E-state index is 10.8. The van der Waals surface area contributed by atoms with Crippen molar-refractivity contribution in [3.63, 3.8) is 0 Å². The minimum Gasteiger partial charge on any atom is -0.508 e. The fraction of sp³-hybridized carbons (Fsp3) is 0.200. The summed E-state index contributed by atoms with van der Waals surface area (Å²) < 4.78 is 5.21. The minimum atomic E-state index is -0.977. The number of methoxy groups -OCH3 is 1. The molecule has 158 valence electrons. The molecule has 0 radical (unpaired) electrons. The second kappa shape index (κ2) is 8.14. The predicted molar refractivity (Wildman–Crippen MR) is 120 cm³/mol. The van der Waals surface area contributed by atoms with Crippen LogP contribution in [0.25, 0.3) is 6.08 Å². The van der Waals surface area contributed by atoms with Gasteiger partial charge in [-0.05, 0) is 59.9 Å². The number of aromatic hydroxyl groups is 1. The lowest BCUT2D eigenvalue weighted by Crippen LogP contribution is -2.49. The summed E-state index contributed by atoms with van der Waals surface area (Å²) in [5, 5.41) is 18.9. The Morgan fingerprint density at radius 3 is 2.58 bits per heavy atom. The molecule has 0 spiro atoms. The Morgan fingerprint density at radius 1 is 1.16 bits per heavy atom. The van der Waals surface area contributed by atoms with Gasteiger partial charge in [0.15, 0.2) is 0 Å². The molecule has 0 saturated carbocycles. The molecule has 6 nitrogen and oxygen atoms in total. The molecule has 1 unspecified atom stereocenters. The lowest BCUT2D eigenvalue weighted by molar-refractivity contribution is -0.131. The molecule has 0 saturated heterocycles. The summed E-state index contributed by atoms with van der Waals surface area (Å²) in [6, 6.07) is 17.3. The average Bonchev–Trinajstić information content (AvgIpc) is 2.78. The van der Waals surface area contributed by atoms with Gasteiger partial charge in [0.2, 0.25) is 5.88 Å². The molecule has 0 fully saturated rings. The Labute approximate surface area is 181 Å². The Kier molecular flexibility index (Phi) is 5.38. The van der Waals surface area contributed by atoms with Crippen molar-refractivity contribution in [2.45, 2.75) is 18.9 Å². The first-order valence-corrected chi connectivity index (χ1v) is 10.0. The van der Waals surface area contributed by atoms with Gasteiger partial charge < -0.3 is 19.8 Å². The van der Waals surface area contributed by atoms with Crippen molar-refractivity contribution >= 4 is 17.7 Å². The second-order valence-electron chi connectivity index (χ2n) is 7.67. The summed E-state index contributed by atoms with van der Waals surface area (Å²) in [5.74, 6) is -0.160. The van der Waals surface area contributed by atoms with Gasteiger partial charge in [0.25, 0.3) is 0 Å². The standard InChI is InChI=1S/C25H24N2O4/c1-25(19-6-3-17(4-7-19)5-12-24(29)30)22-10-9-21(28)15-18(22)13-14-27(25)20-8-11-23(31-2)26-16-20/h3-12,15-16,28H,13-14H2,1-2H3,(H,29,30)/b12-5+. The zero-order valence-corrected chi connectivity index (χ0v) is 17.4. The number of benzene rings is 2. The number of hydrogen-bond acceptors (Lipinski definition) is 5. The molecular formula is C25H24N2O4. The van der Waals surface area contributed by atoms with Gasteiger partial charge in [0.1, 0.15) is 5.75 Å². The maximum atomic E-state index is 10.8. The number of carboxylic acids is 1. The molecule has 4 rings (SSSR count). The van der Waals surface area contributed by atoms with Crippen molar-refractivity contribution < 1.29 is 19.7 Å². The molecule has 0 amide bonds. The van der Waals surface area contributed by atoms with Crippen molar-refractivity contribution in [2.75, 3.05) is 18.6 Å². The SMILES string of the molecule is COc1ccc(N2CCc3cc(O)ccc3C2(C)c2ccc(/C=C/C(=O)O)cc2)cn1. The highest BCUT2D eigenvalue weighted by Crippen LogP contribution is 2.44. The van der Waals surface area contributed by atoms with Crippen LogP contribution >= 0.6 is 0 Å². The number of phenols is 1. The van der Waals surface area contributed by atoms with Crippen LogP contribution in [0.1, 0.15) is 29.2 Å². The summed E-state index contributed by atoms with van der Waals surface area (Å²) in [6.45, 7) is 2.91. The molecule has 0 bridgehead atoms. The monoisotopic (exact) mass is 416 g/mol. The number of aliphatic carboxylic acids is 1. The number of aromatic nitrogens is 1. The fourth-order valence-corrected chi connectivity index (χ4v) is 4.30. The van der Waals surface area contributed by atoms with E-state index in [1.807, 2.05) is 54.7 Å². The quantitative estimate of drug-likeness (QED) is 0.606. The van der Waals surface area contributed by atoms with Crippen LogP contribution in [0.5, 0.6) is 11.6 Å². The third-order valence-electron chi connectivity index (χ3n) is 5.89. The topological polar surface area (TPSA) is 82.9 Å². The van der Waals surface area contributed by atoms with E-state index < -0.39 is 11.5 Å². The highest BCUT2D eigenvalue weighted by molar-refractivity contribution is 5.85. The lowest BCUT2D eigenvalue weighted by atomic mass is 9.76. The van der Waals surface area contributed by atoms with Gasteiger partial charge in [-0.3, -0.25) is 0 Å².